The molecule has 0 saturated carbocycles. The summed E-state index contributed by atoms with van der Waals surface area (Å²) in [5, 5.41) is 2.69. The Morgan fingerprint density at radius 1 is 1.35 bits per heavy atom. The minimum Gasteiger partial charge on any atom is -0.337 e. The maximum Gasteiger partial charge on any atom is 0.273 e. The fraction of sp³-hybridized carbons (Fsp3) is 0.765. The van der Waals surface area contributed by atoms with Gasteiger partial charge < -0.3 is 15.5 Å². The van der Waals surface area contributed by atoms with E-state index in [0.717, 1.165) is 31.1 Å². The highest BCUT2D eigenvalue weighted by molar-refractivity contribution is 7.09. The van der Waals surface area contributed by atoms with E-state index in [1.54, 1.807) is 0 Å². The van der Waals surface area contributed by atoms with Gasteiger partial charge in [0.25, 0.3) is 5.91 Å². The third kappa shape index (κ3) is 4.11. The molecule has 1 aromatic heterocycles. The fourth-order valence-electron chi connectivity index (χ4n) is 3.82. The van der Waals surface area contributed by atoms with Crippen molar-refractivity contribution in [2.45, 2.75) is 51.6 Å². The van der Waals surface area contributed by atoms with Gasteiger partial charge >= 0.3 is 0 Å². The average molecular weight is 337 g/mol. The summed E-state index contributed by atoms with van der Waals surface area (Å²) in [6.07, 6.45) is 6.33. The van der Waals surface area contributed by atoms with Crippen LogP contribution in [0.2, 0.25) is 0 Å². The van der Waals surface area contributed by atoms with Crippen molar-refractivity contribution in [3.05, 3.63) is 16.1 Å². The Kier molecular flexibility index (Phi) is 5.67. The molecule has 0 spiro atoms. The summed E-state index contributed by atoms with van der Waals surface area (Å²) in [5.41, 5.74) is 6.17. The first-order valence-corrected chi connectivity index (χ1v) is 9.73. The van der Waals surface area contributed by atoms with Crippen LogP contribution < -0.4 is 5.73 Å². The van der Waals surface area contributed by atoms with E-state index >= 15 is 0 Å². The number of amides is 1. The maximum absolute atomic E-state index is 12.6. The van der Waals surface area contributed by atoms with Crippen LogP contribution in [0.1, 0.15) is 54.5 Å². The summed E-state index contributed by atoms with van der Waals surface area (Å²) in [6, 6.07) is 0.695. The lowest BCUT2D eigenvalue weighted by atomic mass is 9.94. The zero-order chi connectivity index (χ0) is 16.2. The Labute approximate surface area is 142 Å². The smallest absolute Gasteiger partial charge is 0.273 e. The van der Waals surface area contributed by atoms with Crippen molar-refractivity contribution in [2.75, 3.05) is 26.2 Å². The zero-order valence-electron chi connectivity index (χ0n) is 14.0. The first-order valence-electron chi connectivity index (χ1n) is 8.85. The zero-order valence-corrected chi connectivity index (χ0v) is 14.9. The fourth-order valence-corrected chi connectivity index (χ4v) is 4.47. The second-order valence-corrected chi connectivity index (χ2v) is 7.87. The molecule has 3 heterocycles. The van der Waals surface area contributed by atoms with Crippen molar-refractivity contribution in [3.8, 4) is 0 Å². The summed E-state index contributed by atoms with van der Waals surface area (Å²) in [7, 11) is 0. The van der Waals surface area contributed by atoms with Crippen molar-refractivity contribution in [3.63, 3.8) is 0 Å². The third-order valence-electron chi connectivity index (χ3n) is 5.18. The normalized spacial score (nSPS) is 26.4. The van der Waals surface area contributed by atoms with E-state index in [2.05, 4.69) is 16.8 Å². The van der Waals surface area contributed by atoms with Gasteiger partial charge in [-0.25, -0.2) is 4.98 Å². The van der Waals surface area contributed by atoms with Crippen molar-refractivity contribution >= 4 is 17.2 Å². The summed E-state index contributed by atoms with van der Waals surface area (Å²) in [4.78, 5) is 21.6. The van der Waals surface area contributed by atoms with E-state index in [1.807, 2.05) is 10.3 Å². The Morgan fingerprint density at radius 2 is 2.22 bits per heavy atom. The molecular weight excluding hydrogens is 308 g/mol. The van der Waals surface area contributed by atoms with Crippen LogP contribution in [0, 0.1) is 5.92 Å². The predicted octanol–water partition coefficient (Wildman–Crippen LogP) is 2.33. The minimum absolute atomic E-state index is 0.0809. The highest BCUT2D eigenvalue weighted by atomic mass is 32.1. The Morgan fingerprint density at radius 3 is 2.96 bits per heavy atom. The lowest BCUT2D eigenvalue weighted by Crippen LogP contribution is -2.46. The Balaban J connectivity index is 1.58. The second kappa shape index (κ2) is 7.73. The Bertz CT molecular complexity index is 532. The van der Waals surface area contributed by atoms with E-state index in [4.69, 9.17) is 5.73 Å². The summed E-state index contributed by atoms with van der Waals surface area (Å²) in [5.74, 6) is 0.679. The van der Waals surface area contributed by atoms with E-state index in [0.29, 0.717) is 24.2 Å². The number of nitrogens with zero attached hydrogens (tertiary/aromatic N) is 3. The van der Waals surface area contributed by atoms with Crippen LogP contribution in [-0.4, -0.2) is 52.9 Å². The number of piperidine rings is 2. The minimum atomic E-state index is 0.0809. The molecule has 2 unspecified atom stereocenters. The molecule has 1 amide bonds. The number of aromatic nitrogens is 1. The van der Waals surface area contributed by atoms with Crippen LogP contribution in [0.25, 0.3) is 0 Å². The quantitative estimate of drug-likeness (QED) is 0.916. The maximum atomic E-state index is 12.6. The average Bonchev–Trinajstić information content (AvgIpc) is 3.06. The number of carbonyl (C=O) groups is 1. The number of carbonyl (C=O) groups excluding carboxylic acids is 1. The van der Waals surface area contributed by atoms with E-state index in [9.17, 15) is 4.79 Å². The molecule has 2 aliphatic heterocycles. The lowest BCUT2D eigenvalue weighted by Gasteiger charge is -2.39. The monoisotopic (exact) mass is 336 g/mol. The molecule has 0 aliphatic carbocycles. The number of rotatable bonds is 4. The first kappa shape index (κ1) is 16.9. The molecule has 1 aromatic rings. The van der Waals surface area contributed by atoms with Gasteiger partial charge in [0.15, 0.2) is 0 Å². The number of thiazole rings is 1. The van der Waals surface area contributed by atoms with E-state index < -0.39 is 0 Å². The largest absolute Gasteiger partial charge is 0.337 e. The van der Waals surface area contributed by atoms with Gasteiger partial charge in [-0.2, -0.15) is 0 Å². The van der Waals surface area contributed by atoms with Crippen molar-refractivity contribution < 1.29 is 4.79 Å². The van der Waals surface area contributed by atoms with Crippen LogP contribution in [-0.2, 0) is 6.54 Å². The van der Waals surface area contributed by atoms with Crippen molar-refractivity contribution in [2.24, 2.45) is 11.7 Å². The van der Waals surface area contributed by atoms with Crippen LogP contribution in [0.4, 0.5) is 0 Å². The number of hydrogen-bond donors (Lipinski definition) is 1. The molecule has 2 aliphatic rings. The van der Waals surface area contributed by atoms with Gasteiger partial charge in [0.05, 0.1) is 0 Å². The number of likely N-dealkylation sites (tertiary alicyclic amines) is 2. The predicted molar refractivity (Wildman–Crippen MR) is 93.5 cm³/mol. The number of nitrogens with two attached hydrogens (primary N) is 1. The van der Waals surface area contributed by atoms with Gasteiger partial charge in [-0.1, -0.05) is 6.42 Å². The summed E-state index contributed by atoms with van der Waals surface area (Å²) < 4.78 is 0. The molecule has 0 bridgehead atoms. The molecule has 128 valence electrons. The van der Waals surface area contributed by atoms with Crippen LogP contribution in [0.5, 0.6) is 0 Å². The molecule has 0 aromatic carbocycles. The highest BCUT2D eigenvalue weighted by Crippen LogP contribution is 2.24. The SMILES string of the molecule is CC1CCCCN1CC1CCCN(C(=O)c2csc(CN)n2)C1. The lowest BCUT2D eigenvalue weighted by molar-refractivity contribution is 0.0590. The topological polar surface area (TPSA) is 62.5 Å². The van der Waals surface area contributed by atoms with E-state index in [1.165, 1.54) is 43.6 Å². The van der Waals surface area contributed by atoms with Crippen molar-refractivity contribution in [1.82, 2.24) is 14.8 Å². The highest BCUT2D eigenvalue weighted by Gasteiger charge is 2.28. The van der Waals surface area contributed by atoms with Crippen molar-refractivity contribution in [1.29, 1.82) is 0 Å². The number of hydrogen-bond acceptors (Lipinski definition) is 5. The van der Waals surface area contributed by atoms with Gasteiger partial charge in [-0.3, -0.25) is 4.79 Å². The Hall–Kier alpha value is -0.980. The third-order valence-corrected chi connectivity index (χ3v) is 6.06. The molecule has 5 nitrogen and oxygen atoms in total. The molecule has 2 fully saturated rings. The van der Waals surface area contributed by atoms with E-state index in [-0.39, 0.29) is 5.91 Å². The molecule has 2 saturated heterocycles. The van der Waals surface area contributed by atoms with Gasteiger partial charge in [-0.15, -0.1) is 11.3 Å². The molecular formula is C17H28N4OS. The van der Waals surface area contributed by atoms with Crippen LogP contribution >= 0.6 is 11.3 Å². The molecule has 2 N–H and O–H groups in total. The molecule has 23 heavy (non-hydrogen) atoms. The van der Waals surface area contributed by atoms with Gasteiger partial charge in [0.2, 0.25) is 0 Å². The van der Waals surface area contributed by atoms with Crippen LogP contribution in [0.15, 0.2) is 5.38 Å². The summed E-state index contributed by atoms with van der Waals surface area (Å²) in [6.45, 7) is 6.84. The molecule has 0 radical (unpaired) electrons. The standard InChI is InChI=1S/C17H28N4OS/c1-13-5-2-3-7-20(13)10-14-6-4-8-21(11-14)17(22)15-12-23-16(9-18)19-15/h12-14H,2-11,18H2,1H3. The van der Waals surface area contributed by atoms with Gasteiger partial charge in [0, 0.05) is 37.6 Å². The summed E-state index contributed by atoms with van der Waals surface area (Å²) >= 11 is 1.48. The molecule has 6 heteroatoms. The first-order chi connectivity index (χ1) is 11.2. The van der Waals surface area contributed by atoms with Crippen LogP contribution in [0.3, 0.4) is 0 Å². The second-order valence-electron chi connectivity index (χ2n) is 6.93. The van der Waals surface area contributed by atoms with Gasteiger partial charge in [-0.05, 0) is 45.1 Å². The molecule has 3 rings (SSSR count). The molecule has 2 atom stereocenters. The van der Waals surface area contributed by atoms with Gasteiger partial charge in [0.1, 0.15) is 10.7 Å².